The number of benzene rings is 2. The van der Waals surface area contributed by atoms with Gasteiger partial charge in [0, 0.05) is 16.8 Å². The highest BCUT2D eigenvalue weighted by atomic mass is 127. The van der Waals surface area contributed by atoms with Gasteiger partial charge in [0.2, 0.25) is 0 Å². The molecule has 0 bridgehead atoms. The van der Waals surface area contributed by atoms with E-state index < -0.39 is 0 Å². The quantitative estimate of drug-likeness (QED) is 0.367. The van der Waals surface area contributed by atoms with Gasteiger partial charge in [-0.3, -0.25) is 0 Å². The van der Waals surface area contributed by atoms with Gasteiger partial charge in [-0.25, -0.2) is 0 Å². The predicted molar refractivity (Wildman–Crippen MR) is 80.9 cm³/mol. The second-order valence-corrected chi connectivity index (χ2v) is 5.85. The molecule has 0 aliphatic rings. The van der Waals surface area contributed by atoms with E-state index in [-0.39, 0.29) is 0 Å². The van der Waals surface area contributed by atoms with E-state index >= 15 is 0 Å². The third kappa shape index (κ3) is 1.97. The molecule has 3 heteroatoms. The van der Waals surface area contributed by atoms with Crippen molar-refractivity contribution < 1.29 is 0 Å². The van der Waals surface area contributed by atoms with Gasteiger partial charge in [0.25, 0.3) is 0 Å². The molecule has 0 saturated carbocycles. The fraction of sp³-hybridized carbons (Fsp3) is 0. The van der Waals surface area contributed by atoms with Crippen LogP contribution in [-0.2, 0) is 0 Å². The first kappa shape index (κ1) is 10.4. The van der Waals surface area contributed by atoms with Gasteiger partial charge in [-0.15, -0.1) is 0 Å². The second-order valence-electron chi connectivity index (χ2n) is 2.61. The summed E-state index contributed by atoms with van der Waals surface area (Å²) in [5.74, 6) is 0. The van der Waals surface area contributed by atoms with Crippen LogP contribution in [-0.4, -0.2) is 0 Å². The zero-order chi connectivity index (χ0) is 9.42. The molecule has 1 radical (unpaired) electrons. The zero-order valence-electron chi connectivity index (χ0n) is 6.44. The van der Waals surface area contributed by atoms with Crippen LogP contribution < -0.4 is 0 Å². The van der Waals surface area contributed by atoms with Crippen LogP contribution in [0.3, 0.4) is 0 Å². The fourth-order valence-electron chi connectivity index (χ4n) is 1.17. The lowest BCUT2D eigenvalue weighted by atomic mass is 10.1. The Morgan fingerprint density at radius 3 is 2.38 bits per heavy atom. The Morgan fingerprint density at radius 1 is 0.923 bits per heavy atom. The first-order valence-corrected chi connectivity index (χ1v) is 6.88. The molecule has 0 fully saturated rings. The Bertz CT molecular complexity index is 463. The van der Waals surface area contributed by atoms with Gasteiger partial charge < -0.3 is 0 Å². The topological polar surface area (TPSA) is 0 Å². The maximum Gasteiger partial charge on any atom is 0.0410 e. The molecular weight excluding hydrogens is 501 g/mol. The summed E-state index contributed by atoms with van der Waals surface area (Å²) in [5, 5.41) is 2.50. The zero-order valence-corrected chi connectivity index (χ0v) is 12.9. The van der Waals surface area contributed by atoms with E-state index in [9.17, 15) is 0 Å². The molecule has 0 spiro atoms. The predicted octanol–water partition coefficient (Wildman–Crippen LogP) is 4.45. The Balaban J connectivity index is 2.94. The number of hydrogen-bond donors (Lipinski definition) is 0. The summed E-state index contributed by atoms with van der Waals surface area (Å²) in [6.07, 6.45) is 0. The van der Waals surface area contributed by atoms with Crippen molar-refractivity contribution in [3.8, 4) is 0 Å². The minimum absolute atomic E-state index is 1.21. The summed E-state index contributed by atoms with van der Waals surface area (Å²) in [4.78, 5) is 0. The summed E-state index contributed by atoms with van der Waals surface area (Å²) >= 11 is 7.10. The third-order valence-electron chi connectivity index (χ3n) is 1.79. The van der Waals surface area contributed by atoms with Crippen LogP contribution in [0.2, 0.25) is 0 Å². The van der Waals surface area contributed by atoms with Crippen molar-refractivity contribution in [1.82, 2.24) is 0 Å². The molecule has 65 valence electrons. The van der Waals surface area contributed by atoms with Crippen LogP contribution >= 0.6 is 67.8 Å². The van der Waals surface area contributed by atoms with Crippen LogP contribution in [0.4, 0.5) is 0 Å². The van der Waals surface area contributed by atoms with E-state index in [2.05, 4.69) is 98.1 Å². The highest BCUT2D eigenvalue weighted by Gasteiger charge is 2.06. The summed E-state index contributed by atoms with van der Waals surface area (Å²) < 4.78 is 3.84. The normalized spacial score (nSPS) is 10.7. The van der Waals surface area contributed by atoms with E-state index in [4.69, 9.17) is 0 Å². The standard InChI is InChI=1S/C10H4I3/c11-8-5-6-3-1-2-4-7(6)9(12)10(8)13/h1-4H. The van der Waals surface area contributed by atoms with Gasteiger partial charge >= 0.3 is 0 Å². The van der Waals surface area contributed by atoms with E-state index in [0.717, 1.165) is 0 Å². The van der Waals surface area contributed by atoms with Gasteiger partial charge in [0.15, 0.2) is 0 Å². The largest absolute Gasteiger partial charge is 0.0616 e. The first-order chi connectivity index (χ1) is 6.20. The van der Waals surface area contributed by atoms with Crippen molar-refractivity contribution in [3.05, 3.63) is 41.0 Å². The van der Waals surface area contributed by atoms with E-state index in [1.54, 1.807) is 0 Å². The Hall–Kier alpha value is 0.890. The molecule has 2 aromatic carbocycles. The van der Waals surface area contributed by atoms with Crippen LogP contribution in [0.25, 0.3) is 10.8 Å². The lowest BCUT2D eigenvalue weighted by Crippen LogP contribution is -1.87. The maximum absolute atomic E-state index is 3.37. The van der Waals surface area contributed by atoms with Crippen molar-refractivity contribution in [2.45, 2.75) is 0 Å². The Kier molecular flexibility index (Phi) is 3.34. The molecule has 2 rings (SSSR count). The molecule has 0 N–H and O–H groups in total. The number of halogens is 3. The maximum atomic E-state index is 3.37. The fourth-order valence-corrected chi connectivity index (χ4v) is 3.41. The van der Waals surface area contributed by atoms with Crippen LogP contribution in [0.15, 0.2) is 24.3 Å². The number of fused-ring (bicyclic) bond motifs is 1. The Labute approximate surface area is 118 Å². The average Bonchev–Trinajstić information content (AvgIpc) is 2.15. The molecule has 13 heavy (non-hydrogen) atoms. The van der Waals surface area contributed by atoms with Gasteiger partial charge in [0.1, 0.15) is 0 Å². The summed E-state index contributed by atoms with van der Waals surface area (Å²) in [6, 6.07) is 11.7. The minimum Gasteiger partial charge on any atom is -0.0616 e. The number of hydrogen-bond acceptors (Lipinski definition) is 0. The van der Waals surface area contributed by atoms with Crippen molar-refractivity contribution >= 4 is 78.5 Å². The van der Waals surface area contributed by atoms with E-state index in [1.165, 1.54) is 21.5 Å². The molecule has 0 saturated heterocycles. The monoisotopic (exact) mass is 505 g/mol. The Morgan fingerprint density at radius 2 is 1.62 bits per heavy atom. The molecule has 0 aliphatic carbocycles. The molecular formula is C10H4I3. The average molecular weight is 505 g/mol. The van der Waals surface area contributed by atoms with Gasteiger partial charge in [0.05, 0.1) is 0 Å². The third-order valence-corrected chi connectivity index (χ3v) is 6.87. The first-order valence-electron chi connectivity index (χ1n) is 3.64. The molecule has 0 nitrogen and oxygen atoms in total. The van der Waals surface area contributed by atoms with E-state index in [1.807, 2.05) is 0 Å². The smallest absolute Gasteiger partial charge is 0.0410 e. The lowest BCUT2D eigenvalue weighted by Gasteiger charge is -2.04. The summed E-state index contributed by atoms with van der Waals surface area (Å²) in [7, 11) is 0. The van der Waals surface area contributed by atoms with Crippen LogP contribution in [0, 0.1) is 16.8 Å². The van der Waals surface area contributed by atoms with Crippen molar-refractivity contribution in [2.75, 3.05) is 0 Å². The summed E-state index contributed by atoms with van der Waals surface area (Å²) in [5.41, 5.74) is 0. The van der Waals surface area contributed by atoms with Gasteiger partial charge in [-0.2, -0.15) is 0 Å². The van der Waals surface area contributed by atoms with Gasteiger partial charge in [-0.1, -0.05) is 24.3 Å². The van der Waals surface area contributed by atoms with Crippen molar-refractivity contribution in [1.29, 1.82) is 0 Å². The lowest BCUT2D eigenvalue weighted by molar-refractivity contribution is 1.57. The van der Waals surface area contributed by atoms with Crippen molar-refractivity contribution in [2.24, 2.45) is 0 Å². The molecule has 0 aliphatic heterocycles. The molecule has 0 amide bonds. The van der Waals surface area contributed by atoms with Crippen LogP contribution in [0.1, 0.15) is 0 Å². The second kappa shape index (κ2) is 4.18. The van der Waals surface area contributed by atoms with Crippen molar-refractivity contribution in [3.63, 3.8) is 0 Å². The number of rotatable bonds is 0. The minimum atomic E-state index is 1.21. The summed E-state index contributed by atoms with van der Waals surface area (Å²) in [6.45, 7) is 0. The van der Waals surface area contributed by atoms with Gasteiger partial charge in [-0.05, 0) is 78.5 Å². The molecule has 0 heterocycles. The van der Waals surface area contributed by atoms with E-state index in [0.29, 0.717) is 0 Å². The molecule has 2 aromatic rings. The molecule has 0 aromatic heterocycles. The highest BCUT2D eigenvalue weighted by molar-refractivity contribution is 14.1. The van der Waals surface area contributed by atoms with Crippen LogP contribution in [0.5, 0.6) is 0 Å². The highest BCUT2D eigenvalue weighted by Crippen LogP contribution is 2.28. The molecule has 0 atom stereocenters. The molecule has 0 unspecified atom stereocenters. The SMILES string of the molecule is Ic1[c]c2ccccc2c(I)c1I.